The quantitative estimate of drug-likeness (QED) is 0.152. The van der Waals surface area contributed by atoms with Crippen LogP contribution in [0.5, 0.6) is 5.75 Å². The van der Waals surface area contributed by atoms with Crippen molar-refractivity contribution in [2.24, 2.45) is 0 Å². The molecule has 0 aliphatic rings. The number of aromatic carboxylic acids is 1. The van der Waals surface area contributed by atoms with E-state index >= 15 is 0 Å². The summed E-state index contributed by atoms with van der Waals surface area (Å²) in [4.78, 5) is 29.3. The largest absolute Gasteiger partial charge is 1.00 e. The van der Waals surface area contributed by atoms with Crippen molar-refractivity contribution in [2.75, 3.05) is 0 Å². The van der Waals surface area contributed by atoms with E-state index in [1.165, 1.54) is 108 Å². The van der Waals surface area contributed by atoms with Gasteiger partial charge in [0.05, 0.1) is 5.56 Å². The van der Waals surface area contributed by atoms with E-state index in [0.717, 1.165) is 19.8 Å². The molecule has 0 aliphatic carbocycles. The maximum Gasteiger partial charge on any atom is 1.00 e. The first-order chi connectivity index (χ1) is 16.2. The number of rotatable bonds is 17. The van der Waals surface area contributed by atoms with Crippen molar-refractivity contribution in [2.45, 2.75) is 117 Å². The molecule has 0 bridgehead atoms. The van der Waals surface area contributed by atoms with Crippen molar-refractivity contribution in [1.29, 1.82) is 0 Å². The van der Waals surface area contributed by atoms with E-state index in [0.29, 0.717) is 0 Å². The van der Waals surface area contributed by atoms with Gasteiger partial charge in [-0.15, -0.1) is 0 Å². The summed E-state index contributed by atoms with van der Waals surface area (Å²) >= 11 is 0. The van der Waals surface area contributed by atoms with Gasteiger partial charge in [0.25, 0.3) is 0 Å². The van der Waals surface area contributed by atoms with Crippen molar-refractivity contribution in [3.63, 3.8) is 0 Å². The van der Waals surface area contributed by atoms with Gasteiger partial charge in [-0.3, -0.25) is 0 Å². The van der Waals surface area contributed by atoms with Crippen molar-refractivity contribution < 1.29 is 123 Å². The summed E-state index contributed by atoms with van der Waals surface area (Å²) < 4.78 is 0. The van der Waals surface area contributed by atoms with Crippen molar-refractivity contribution in [3.8, 4) is 5.75 Å². The van der Waals surface area contributed by atoms with E-state index in [2.05, 4.69) is 6.92 Å². The first-order valence-electron chi connectivity index (χ1n) is 12.6. The second kappa shape index (κ2) is 36.4. The number of carboxylic acid groups (broad SMARTS) is 3. The maximum absolute atomic E-state index is 10.7. The van der Waals surface area contributed by atoms with Gasteiger partial charge >= 0.3 is 94.6 Å². The Kier molecular flexibility index (Phi) is 46.5. The number of aliphatic carboxylic acids is 2. The van der Waals surface area contributed by atoms with Gasteiger partial charge in [0.15, 0.2) is 0 Å². The van der Waals surface area contributed by atoms with Crippen LogP contribution in [0.2, 0.25) is 0 Å². The zero-order valence-electron chi connectivity index (χ0n) is 24.0. The Morgan fingerprint density at radius 2 is 1.00 bits per heavy atom. The monoisotopic (exact) mass is 548 g/mol. The second-order valence-corrected chi connectivity index (χ2v) is 8.36. The fourth-order valence-electron chi connectivity index (χ4n) is 3.28. The summed E-state index contributed by atoms with van der Waals surface area (Å²) in [5, 5.41) is 38.2. The number of hydrogen-bond acceptors (Lipinski definition) is 6. The Hall–Kier alpha value is 0.430. The van der Waals surface area contributed by atoms with Crippen LogP contribution < -0.4 is 104 Å². The molecule has 0 aliphatic heterocycles. The van der Waals surface area contributed by atoms with Crippen LogP contribution in [-0.2, 0) is 9.59 Å². The molecule has 1 aromatic carbocycles. The van der Waals surface area contributed by atoms with Crippen LogP contribution in [0.15, 0.2) is 24.3 Å². The minimum absolute atomic E-state index is 0. The molecule has 0 atom stereocenters. The molecule has 1 N–H and O–H groups in total. The normalized spacial score (nSPS) is 9.03. The van der Waals surface area contributed by atoms with Crippen molar-refractivity contribution in [1.82, 2.24) is 0 Å². The van der Waals surface area contributed by atoms with Gasteiger partial charge in [0.1, 0.15) is 0 Å². The first kappa shape index (κ1) is 47.2. The van der Waals surface area contributed by atoms with Gasteiger partial charge in [-0.25, -0.2) is 4.79 Å². The summed E-state index contributed by atoms with van der Waals surface area (Å²) in [6, 6.07) is 5.54. The van der Waals surface area contributed by atoms with Gasteiger partial charge in [-0.1, -0.05) is 121 Å². The van der Waals surface area contributed by atoms with Gasteiger partial charge in [-0.05, 0) is 25.8 Å². The minimum atomic E-state index is -1.18. The van der Waals surface area contributed by atoms with Crippen LogP contribution in [0.1, 0.15) is 127 Å². The Morgan fingerprint density at radius 1 is 0.676 bits per heavy atom. The standard InChI is InChI=1S/C18H36O2.C7H6O3.C2H4O2.3Na/c1-2-3-4-5-6-7-8-9-10-11-12-13-14-15-16-17-18(19)20;8-6-4-2-1-3-5(6)7(9)10;1-2(3)4;;;/h2-17H2,1H3,(H,19,20);1-4,8H,(H,9,10);1H3,(H,3,4);;;/q;;;3*+1/p-3. The van der Waals surface area contributed by atoms with E-state index in [1.807, 2.05) is 0 Å². The van der Waals surface area contributed by atoms with E-state index in [1.54, 1.807) is 0 Å². The third-order valence-corrected chi connectivity index (χ3v) is 5.10. The van der Waals surface area contributed by atoms with E-state index < -0.39 is 23.7 Å². The Labute approximate surface area is 290 Å². The molecule has 37 heavy (non-hydrogen) atoms. The molecule has 196 valence electrons. The molecule has 0 saturated carbocycles. The van der Waals surface area contributed by atoms with Crippen molar-refractivity contribution >= 4 is 17.9 Å². The fraction of sp³-hybridized carbons (Fsp3) is 0.667. The first-order valence-corrected chi connectivity index (χ1v) is 12.6. The number of hydrogen-bond donors (Lipinski definition) is 1. The summed E-state index contributed by atoms with van der Waals surface area (Å²) in [6.07, 6.45) is 19.9. The molecular formula is C27H43Na3O7. The summed E-state index contributed by atoms with van der Waals surface area (Å²) in [5.41, 5.74) is -0.178. The molecule has 0 unspecified atom stereocenters. The Bertz CT molecular complexity index is 655. The average Bonchev–Trinajstić information content (AvgIpc) is 2.76. The topological polar surface area (TPSA) is 141 Å². The molecule has 7 nitrogen and oxygen atoms in total. The molecule has 0 amide bonds. The van der Waals surface area contributed by atoms with Crippen LogP contribution >= 0.6 is 0 Å². The van der Waals surface area contributed by atoms with Crippen LogP contribution in [0, 0.1) is 0 Å². The Morgan fingerprint density at radius 3 is 1.27 bits per heavy atom. The molecule has 0 saturated heterocycles. The molecular weight excluding hydrogens is 505 g/mol. The third-order valence-electron chi connectivity index (χ3n) is 5.10. The van der Waals surface area contributed by atoms with Gasteiger partial charge in [-0.2, -0.15) is 0 Å². The fourth-order valence-corrected chi connectivity index (χ4v) is 3.28. The number of carbonyl (C=O) groups is 3. The predicted molar refractivity (Wildman–Crippen MR) is 128 cm³/mol. The van der Waals surface area contributed by atoms with E-state index in [4.69, 9.17) is 15.0 Å². The second-order valence-electron chi connectivity index (χ2n) is 8.36. The number of carbonyl (C=O) groups excluding carboxylic acids is 2. The summed E-state index contributed by atoms with van der Waals surface area (Å²) in [5.74, 6) is -3.61. The van der Waals surface area contributed by atoms with Gasteiger partial charge < -0.3 is 30.0 Å². The molecule has 1 rings (SSSR count). The third kappa shape index (κ3) is 41.1. The SMILES string of the molecule is CC(=O)[O-].CCCCCCCCCCCCCCCCCC(=O)[O-].O=C(O)c1ccccc1[O-].[Na+].[Na+].[Na+]. The number of unbranched alkanes of at least 4 members (excludes halogenated alkanes) is 14. The zero-order chi connectivity index (χ0) is 26.0. The maximum atomic E-state index is 10.7. The predicted octanol–water partition coefficient (Wildman–Crippen LogP) is -4.78. The summed E-state index contributed by atoms with van der Waals surface area (Å²) in [6.45, 7) is 3.24. The molecule has 1 aromatic rings. The minimum Gasteiger partial charge on any atom is -0.872 e. The van der Waals surface area contributed by atoms with Crippen molar-refractivity contribution in [3.05, 3.63) is 29.8 Å². The van der Waals surface area contributed by atoms with Crippen LogP contribution in [-0.4, -0.2) is 23.0 Å². The Balaban J connectivity index is -0.000000168. The number of para-hydroxylation sites is 1. The van der Waals surface area contributed by atoms with Crippen LogP contribution in [0.25, 0.3) is 0 Å². The average molecular weight is 549 g/mol. The van der Waals surface area contributed by atoms with Crippen LogP contribution in [0.3, 0.4) is 0 Å². The molecule has 0 spiro atoms. The smallest absolute Gasteiger partial charge is 0.872 e. The van der Waals surface area contributed by atoms with E-state index in [-0.39, 0.29) is 101 Å². The zero-order valence-corrected chi connectivity index (χ0v) is 30.0. The van der Waals surface area contributed by atoms with E-state index in [9.17, 15) is 19.8 Å². The molecule has 0 aromatic heterocycles. The molecule has 10 heteroatoms. The van der Waals surface area contributed by atoms with Gasteiger partial charge in [0, 0.05) is 11.9 Å². The molecule has 0 radical (unpaired) electrons. The summed E-state index contributed by atoms with van der Waals surface area (Å²) in [7, 11) is 0. The number of carboxylic acids is 3. The number of benzene rings is 1. The molecule has 0 fully saturated rings. The van der Waals surface area contributed by atoms with Gasteiger partial charge in [0.2, 0.25) is 0 Å². The van der Waals surface area contributed by atoms with Crippen LogP contribution in [0.4, 0.5) is 0 Å². The molecule has 0 heterocycles.